The highest BCUT2D eigenvalue weighted by Crippen LogP contribution is 2.25. The van der Waals surface area contributed by atoms with E-state index >= 15 is 0 Å². The molecule has 0 unspecified atom stereocenters. The number of aromatic nitrogens is 1. The molecule has 1 fully saturated rings. The molecule has 3 rings (SSSR count). The molecular weight excluding hydrogens is 357 g/mol. The second-order valence-corrected chi connectivity index (χ2v) is 6.82. The molecule has 0 aliphatic carbocycles. The summed E-state index contributed by atoms with van der Waals surface area (Å²) < 4.78 is 6.59. The Labute approximate surface area is 150 Å². The highest BCUT2D eigenvalue weighted by atomic mass is 35.5. The maximum absolute atomic E-state index is 12.1. The van der Waals surface area contributed by atoms with Gasteiger partial charge >= 0.3 is 0 Å². The SMILES string of the molecule is C[C@H]1OCCN[C@@H]1C(=O)NCCc1nc2cc(Cl)ccc2s1.Cl. The monoisotopic (exact) mass is 375 g/mol. The molecule has 1 aromatic carbocycles. The first-order valence-electron chi connectivity index (χ1n) is 7.31. The van der Waals surface area contributed by atoms with E-state index in [1.165, 1.54) is 0 Å². The lowest BCUT2D eigenvalue weighted by Gasteiger charge is -2.29. The van der Waals surface area contributed by atoms with Crippen LogP contribution in [0, 0.1) is 0 Å². The van der Waals surface area contributed by atoms with E-state index < -0.39 is 0 Å². The molecule has 1 aliphatic rings. The summed E-state index contributed by atoms with van der Waals surface area (Å²) in [5, 5.41) is 7.81. The van der Waals surface area contributed by atoms with Gasteiger partial charge in [0.25, 0.3) is 0 Å². The molecule has 0 spiro atoms. The zero-order chi connectivity index (χ0) is 15.5. The lowest BCUT2D eigenvalue weighted by Crippen LogP contribution is -2.55. The number of morpholine rings is 1. The number of amides is 1. The van der Waals surface area contributed by atoms with Gasteiger partial charge in [0.05, 0.1) is 27.9 Å². The van der Waals surface area contributed by atoms with Crippen molar-refractivity contribution in [2.45, 2.75) is 25.5 Å². The quantitative estimate of drug-likeness (QED) is 0.860. The van der Waals surface area contributed by atoms with Crippen LogP contribution in [0.3, 0.4) is 0 Å². The van der Waals surface area contributed by atoms with Crippen LogP contribution in [-0.4, -0.2) is 42.7 Å². The van der Waals surface area contributed by atoms with E-state index in [9.17, 15) is 4.79 Å². The van der Waals surface area contributed by atoms with Crippen molar-refractivity contribution in [3.63, 3.8) is 0 Å². The van der Waals surface area contributed by atoms with E-state index in [1.807, 2.05) is 25.1 Å². The topological polar surface area (TPSA) is 63.2 Å². The molecule has 1 saturated heterocycles. The Morgan fingerprint density at radius 3 is 3.17 bits per heavy atom. The number of rotatable bonds is 4. The number of hydrogen-bond donors (Lipinski definition) is 2. The van der Waals surface area contributed by atoms with Crippen LogP contribution < -0.4 is 10.6 Å². The molecule has 2 N–H and O–H groups in total. The van der Waals surface area contributed by atoms with Gasteiger partial charge in [0, 0.05) is 24.5 Å². The summed E-state index contributed by atoms with van der Waals surface area (Å²) >= 11 is 7.59. The van der Waals surface area contributed by atoms with Crippen molar-refractivity contribution in [1.82, 2.24) is 15.6 Å². The molecule has 0 saturated carbocycles. The van der Waals surface area contributed by atoms with Crippen LogP contribution in [0.2, 0.25) is 5.02 Å². The number of nitrogens with one attached hydrogen (secondary N) is 2. The van der Waals surface area contributed by atoms with Gasteiger partial charge in [-0.15, -0.1) is 23.7 Å². The van der Waals surface area contributed by atoms with Crippen LogP contribution in [0.15, 0.2) is 18.2 Å². The number of fused-ring (bicyclic) bond motifs is 1. The molecule has 1 amide bonds. The van der Waals surface area contributed by atoms with Gasteiger partial charge < -0.3 is 15.4 Å². The lowest BCUT2D eigenvalue weighted by molar-refractivity contribution is -0.128. The maximum atomic E-state index is 12.1. The predicted octanol–water partition coefficient (Wildman–Crippen LogP) is 2.41. The highest BCUT2D eigenvalue weighted by molar-refractivity contribution is 7.18. The Kier molecular flexibility index (Phi) is 6.61. The molecular formula is C15H19Cl2N3O2S. The zero-order valence-corrected chi connectivity index (χ0v) is 15.1. The number of hydrogen-bond acceptors (Lipinski definition) is 5. The number of ether oxygens (including phenoxy) is 1. The van der Waals surface area contributed by atoms with Gasteiger partial charge in [-0.3, -0.25) is 4.79 Å². The first-order chi connectivity index (χ1) is 10.6. The van der Waals surface area contributed by atoms with Crippen molar-refractivity contribution in [2.24, 2.45) is 0 Å². The number of carbonyl (C=O) groups is 1. The predicted molar refractivity (Wildman–Crippen MR) is 95.8 cm³/mol. The molecule has 126 valence electrons. The standard InChI is InChI=1S/C15H18ClN3O2S.ClH/c1-9-14(17-6-7-21-9)15(20)18-5-4-13-19-11-8-10(16)2-3-12(11)22-13;/h2-3,8-9,14,17H,4-7H2,1H3,(H,18,20);1H/t9-,14+;/m1./s1. The summed E-state index contributed by atoms with van der Waals surface area (Å²) in [6, 6.07) is 5.43. The van der Waals surface area contributed by atoms with Gasteiger partial charge in [-0.2, -0.15) is 0 Å². The van der Waals surface area contributed by atoms with E-state index in [0.29, 0.717) is 31.1 Å². The van der Waals surface area contributed by atoms with Gasteiger partial charge in [-0.1, -0.05) is 11.6 Å². The minimum Gasteiger partial charge on any atom is -0.375 e. The fraction of sp³-hybridized carbons (Fsp3) is 0.467. The van der Waals surface area contributed by atoms with Crippen molar-refractivity contribution in [3.8, 4) is 0 Å². The van der Waals surface area contributed by atoms with Crippen LogP contribution in [0.25, 0.3) is 10.2 Å². The number of thiazole rings is 1. The summed E-state index contributed by atoms with van der Waals surface area (Å²) in [5.41, 5.74) is 0.912. The molecule has 2 aromatic rings. The normalized spacial score (nSPS) is 21.0. The van der Waals surface area contributed by atoms with Crippen molar-refractivity contribution in [2.75, 3.05) is 19.7 Å². The third-order valence-electron chi connectivity index (χ3n) is 3.63. The van der Waals surface area contributed by atoms with Crippen LogP contribution in [0.5, 0.6) is 0 Å². The average molecular weight is 376 g/mol. The van der Waals surface area contributed by atoms with E-state index in [4.69, 9.17) is 16.3 Å². The summed E-state index contributed by atoms with van der Waals surface area (Å²) in [6.45, 7) is 3.84. The summed E-state index contributed by atoms with van der Waals surface area (Å²) in [6.07, 6.45) is 0.614. The van der Waals surface area contributed by atoms with Crippen LogP contribution in [0.1, 0.15) is 11.9 Å². The average Bonchev–Trinajstić information content (AvgIpc) is 2.89. The Balaban J connectivity index is 0.00000192. The molecule has 0 radical (unpaired) electrons. The minimum atomic E-state index is -0.275. The Morgan fingerprint density at radius 1 is 1.57 bits per heavy atom. The molecule has 1 aromatic heterocycles. The summed E-state index contributed by atoms with van der Waals surface area (Å²) in [5.74, 6) is -0.0173. The van der Waals surface area contributed by atoms with Gasteiger partial charge in [0.15, 0.2) is 0 Å². The Bertz CT molecular complexity index is 680. The van der Waals surface area contributed by atoms with E-state index in [1.54, 1.807) is 11.3 Å². The number of benzene rings is 1. The highest BCUT2D eigenvalue weighted by Gasteiger charge is 2.27. The largest absolute Gasteiger partial charge is 0.375 e. The molecule has 23 heavy (non-hydrogen) atoms. The lowest BCUT2D eigenvalue weighted by atomic mass is 10.1. The fourth-order valence-corrected chi connectivity index (χ4v) is 3.60. The van der Waals surface area contributed by atoms with Gasteiger partial charge in [0.1, 0.15) is 6.04 Å². The second-order valence-electron chi connectivity index (χ2n) is 5.27. The molecule has 0 bridgehead atoms. The molecule has 2 atom stereocenters. The van der Waals surface area contributed by atoms with Gasteiger partial charge in [-0.25, -0.2) is 4.98 Å². The minimum absolute atomic E-state index is 0. The number of halogens is 2. The van der Waals surface area contributed by atoms with Crippen LogP contribution >= 0.6 is 35.3 Å². The van der Waals surface area contributed by atoms with Crippen LogP contribution in [0.4, 0.5) is 0 Å². The molecule has 2 heterocycles. The van der Waals surface area contributed by atoms with Crippen molar-refractivity contribution in [3.05, 3.63) is 28.2 Å². The third-order valence-corrected chi connectivity index (χ3v) is 4.96. The zero-order valence-electron chi connectivity index (χ0n) is 12.7. The van der Waals surface area contributed by atoms with Crippen LogP contribution in [-0.2, 0) is 16.0 Å². The summed E-state index contributed by atoms with van der Waals surface area (Å²) in [4.78, 5) is 16.7. The van der Waals surface area contributed by atoms with Gasteiger partial charge in [-0.05, 0) is 25.1 Å². The fourth-order valence-electron chi connectivity index (χ4n) is 2.49. The van der Waals surface area contributed by atoms with Crippen molar-refractivity contribution in [1.29, 1.82) is 0 Å². The smallest absolute Gasteiger partial charge is 0.239 e. The van der Waals surface area contributed by atoms with Crippen molar-refractivity contribution < 1.29 is 9.53 Å². The van der Waals surface area contributed by atoms with E-state index in [-0.39, 0.29) is 30.5 Å². The Morgan fingerprint density at radius 2 is 2.39 bits per heavy atom. The van der Waals surface area contributed by atoms with Gasteiger partial charge in [0.2, 0.25) is 5.91 Å². The molecule has 1 aliphatic heterocycles. The first-order valence-corrected chi connectivity index (χ1v) is 8.50. The van der Waals surface area contributed by atoms with E-state index in [2.05, 4.69) is 15.6 Å². The second kappa shape index (κ2) is 8.26. The Hall–Kier alpha value is -0.920. The van der Waals surface area contributed by atoms with E-state index in [0.717, 1.165) is 15.2 Å². The summed E-state index contributed by atoms with van der Waals surface area (Å²) in [7, 11) is 0. The molecule has 8 heteroatoms. The van der Waals surface area contributed by atoms with Crippen molar-refractivity contribution >= 4 is 51.5 Å². The number of carbonyl (C=O) groups excluding carboxylic acids is 1. The molecule has 5 nitrogen and oxygen atoms in total. The maximum Gasteiger partial charge on any atom is 0.239 e. The first kappa shape index (κ1) is 18.4. The number of nitrogens with zero attached hydrogens (tertiary/aromatic N) is 1. The third kappa shape index (κ3) is 4.55.